The Bertz CT molecular complexity index is 1490. The summed E-state index contributed by atoms with van der Waals surface area (Å²) in [4.78, 5) is 30.9. The molecule has 0 saturated carbocycles. The number of halogens is 1. The lowest BCUT2D eigenvalue weighted by molar-refractivity contribution is -0.142. The van der Waals surface area contributed by atoms with Crippen molar-refractivity contribution in [2.24, 2.45) is 11.1 Å². The molecule has 0 aliphatic heterocycles. The molecule has 1 amide bonds. The van der Waals surface area contributed by atoms with Crippen LogP contribution in [0, 0.1) is 5.41 Å². The molecular formula is C29H35BrN4O6S. The maximum atomic E-state index is 14.0. The number of nitrogens with one attached hydrogen (secondary N) is 1. The van der Waals surface area contributed by atoms with Crippen molar-refractivity contribution in [1.29, 1.82) is 0 Å². The van der Waals surface area contributed by atoms with Crippen molar-refractivity contribution in [1.82, 2.24) is 15.3 Å². The second kappa shape index (κ2) is 12.3. The van der Waals surface area contributed by atoms with Crippen molar-refractivity contribution in [2.75, 3.05) is 0 Å². The molecule has 220 valence electrons. The minimum Gasteiger partial charge on any atom is -0.480 e. The van der Waals surface area contributed by atoms with Crippen LogP contribution >= 0.6 is 15.9 Å². The van der Waals surface area contributed by atoms with Gasteiger partial charge in [-0.2, -0.15) is 0 Å². The number of sulfone groups is 1. The molecule has 0 radical (unpaired) electrons. The zero-order valence-corrected chi connectivity index (χ0v) is 26.0. The second-order valence-corrected chi connectivity index (χ2v) is 14.6. The van der Waals surface area contributed by atoms with Gasteiger partial charge in [0, 0.05) is 35.4 Å². The van der Waals surface area contributed by atoms with Crippen molar-refractivity contribution in [3.63, 3.8) is 0 Å². The molecule has 0 aliphatic rings. The van der Waals surface area contributed by atoms with E-state index in [2.05, 4.69) is 31.2 Å². The van der Waals surface area contributed by atoms with E-state index in [1.165, 1.54) is 24.5 Å². The van der Waals surface area contributed by atoms with Gasteiger partial charge in [-0.1, -0.05) is 54.9 Å². The molecule has 2 atom stereocenters. The Kier molecular flexibility index (Phi) is 9.62. The Hall–Kier alpha value is -3.35. The number of nitrogens with zero attached hydrogens (tertiary/aromatic N) is 2. The Morgan fingerprint density at radius 3 is 2.24 bits per heavy atom. The predicted molar refractivity (Wildman–Crippen MR) is 158 cm³/mol. The van der Waals surface area contributed by atoms with E-state index in [9.17, 15) is 23.1 Å². The smallest absolute Gasteiger partial charge is 0.408 e. The lowest BCUT2D eigenvalue weighted by atomic mass is 9.87. The van der Waals surface area contributed by atoms with Gasteiger partial charge in [-0.3, -0.25) is 9.97 Å². The van der Waals surface area contributed by atoms with Crippen LogP contribution < -0.4 is 11.1 Å². The molecule has 12 heteroatoms. The van der Waals surface area contributed by atoms with Gasteiger partial charge in [0.1, 0.15) is 11.6 Å². The average Bonchev–Trinajstić information content (AvgIpc) is 2.87. The molecular weight excluding hydrogens is 612 g/mol. The Labute approximate surface area is 248 Å². The SMILES string of the molecule is CC(C)(Cc1cccc(C(N)(Cc2ccc(Br)cc2)S(=O)(=O)c2cccnc2)n1)OC(=O)NC(C(=O)O)C(C)(C)C. The highest BCUT2D eigenvalue weighted by Gasteiger charge is 2.45. The first kappa shape index (κ1) is 32.2. The highest BCUT2D eigenvalue weighted by Crippen LogP contribution is 2.34. The molecule has 0 spiro atoms. The Morgan fingerprint density at radius 1 is 1.02 bits per heavy atom. The van der Waals surface area contributed by atoms with Gasteiger partial charge in [0.15, 0.2) is 4.87 Å². The molecule has 0 saturated heterocycles. The number of carbonyl (C=O) groups excluding carboxylic acids is 1. The molecule has 2 heterocycles. The van der Waals surface area contributed by atoms with E-state index >= 15 is 0 Å². The van der Waals surface area contributed by atoms with Gasteiger partial charge in [-0.15, -0.1) is 0 Å². The number of aliphatic carboxylic acids is 1. The van der Waals surface area contributed by atoms with E-state index in [1.807, 2.05) is 0 Å². The van der Waals surface area contributed by atoms with Crippen molar-refractivity contribution in [2.45, 2.75) is 68.9 Å². The molecule has 2 unspecified atom stereocenters. The number of hydrogen-bond donors (Lipinski definition) is 3. The summed E-state index contributed by atoms with van der Waals surface area (Å²) >= 11 is 3.39. The third-order valence-corrected chi connectivity index (χ3v) is 9.10. The molecule has 1 aromatic carbocycles. The van der Waals surface area contributed by atoms with Gasteiger partial charge in [-0.05, 0) is 61.2 Å². The number of benzene rings is 1. The second-order valence-electron chi connectivity index (χ2n) is 11.5. The first-order chi connectivity index (χ1) is 18.9. The first-order valence-electron chi connectivity index (χ1n) is 12.8. The maximum Gasteiger partial charge on any atom is 0.408 e. The fourth-order valence-electron chi connectivity index (χ4n) is 4.28. The third kappa shape index (κ3) is 7.90. The summed E-state index contributed by atoms with van der Waals surface area (Å²) in [5, 5.41) is 11.9. The number of rotatable bonds is 10. The van der Waals surface area contributed by atoms with Crippen LogP contribution in [0.15, 0.2) is 76.4 Å². The number of alkyl carbamates (subject to hydrolysis) is 1. The van der Waals surface area contributed by atoms with Crippen molar-refractivity contribution >= 4 is 37.8 Å². The van der Waals surface area contributed by atoms with Crippen LogP contribution in [-0.2, 0) is 37.1 Å². The zero-order chi connectivity index (χ0) is 30.6. The number of nitrogens with two attached hydrogens (primary N) is 1. The van der Waals surface area contributed by atoms with E-state index in [1.54, 1.807) is 77.1 Å². The number of hydrogen-bond acceptors (Lipinski definition) is 8. The summed E-state index contributed by atoms with van der Waals surface area (Å²) < 4.78 is 34.3. The van der Waals surface area contributed by atoms with E-state index in [4.69, 9.17) is 10.5 Å². The Morgan fingerprint density at radius 2 is 1.68 bits per heavy atom. The molecule has 2 aromatic heterocycles. The summed E-state index contributed by atoms with van der Waals surface area (Å²) in [5.41, 5.74) is 6.15. The number of ether oxygens (including phenoxy) is 1. The van der Waals surface area contributed by atoms with Crippen molar-refractivity contribution < 1.29 is 27.9 Å². The minimum atomic E-state index is -4.19. The van der Waals surface area contributed by atoms with Crippen LogP contribution in [0.1, 0.15) is 51.6 Å². The van der Waals surface area contributed by atoms with Crippen LogP contribution in [0.5, 0.6) is 0 Å². The number of amides is 1. The number of carboxylic acid groups (broad SMARTS) is 1. The highest BCUT2D eigenvalue weighted by atomic mass is 79.9. The molecule has 0 fully saturated rings. The standard InChI is InChI=1S/C29H35BrN4O6S/c1-27(2,3)24(25(35)36)34-26(37)40-28(4,5)17-21-8-6-10-23(33-21)29(31,16-19-11-13-20(30)14-12-19)41(38,39)22-9-7-15-32-18-22/h6-15,18,24H,16-17,31H2,1-5H3,(H,34,37)(H,35,36). The van der Waals surface area contributed by atoms with Gasteiger partial charge >= 0.3 is 12.1 Å². The molecule has 10 nitrogen and oxygen atoms in total. The van der Waals surface area contributed by atoms with Gasteiger partial charge < -0.3 is 20.9 Å². The summed E-state index contributed by atoms with van der Waals surface area (Å²) in [7, 11) is -4.19. The average molecular weight is 648 g/mol. The van der Waals surface area contributed by atoms with Crippen LogP contribution in [0.4, 0.5) is 4.79 Å². The van der Waals surface area contributed by atoms with E-state index in [-0.39, 0.29) is 23.4 Å². The van der Waals surface area contributed by atoms with Gasteiger partial charge in [0.2, 0.25) is 9.84 Å². The van der Waals surface area contributed by atoms with Gasteiger partial charge in [0.25, 0.3) is 0 Å². The fraction of sp³-hybridized carbons (Fsp3) is 0.379. The fourth-order valence-corrected chi connectivity index (χ4v) is 6.17. The molecule has 41 heavy (non-hydrogen) atoms. The van der Waals surface area contributed by atoms with E-state index in [0.29, 0.717) is 11.3 Å². The molecule has 3 rings (SSSR count). The van der Waals surface area contributed by atoms with Crippen LogP contribution in [-0.4, -0.2) is 47.2 Å². The highest BCUT2D eigenvalue weighted by molar-refractivity contribution is 9.10. The lowest BCUT2D eigenvalue weighted by Crippen LogP contribution is -2.51. The molecule has 0 aliphatic carbocycles. The largest absolute Gasteiger partial charge is 0.480 e. The maximum absolute atomic E-state index is 14.0. The zero-order valence-electron chi connectivity index (χ0n) is 23.6. The predicted octanol–water partition coefficient (Wildman–Crippen LogP) is 4.61. The van der Waals surface area contributed by atoms with Crippen LogP contribution in [0.25, 0.3) is 0 Å². The Balaban J connectivity index is 1.94. The molecule has 0 bridgehead atoms. The number of carboxylic acids is 1. The monoisotopic (exact) mass is 646 g/mol. The first-order valence-corrected chi connectivity index (χ1v) is 15.1. The van der Waals surface area contributed by atoms with Crippen molar-refractivity contribution in [3.05, 3.63) is 88.4 Å². The van der Waals surface area contributed by atoms with Crippen molar-refractivity contribution in [3.8, 4) is 0 Å². The lowest BCUT2D eigenvalue weighted by Gasteiger charge is -2.31. The summed E-state index contributed by atoms with van der Waals surface area (Å²) in [5.74, 6) is -1.18. The minimum absolute atomic E-state index is 0.0426. The number of aromatic nitrogens is 2. The van der Waals surface area contributed by atoms with E-state index in [0.717, 1.165) is 4.47 Å². The molecule has 4 N–H and O–H groups in total. The van der Waals surface area contributed by atoms with Crippen LogP contribution in [0.3, 0.4) is 0 Å². The number of carbonyl (C=O) groups is 2. The quantitative estimate of drug-likeness (QED) is 0.285. The third-order valence-electron chi connectivity index (χ3n) is 6.40. The van der Waals surface area contributed by atoms with Crippen LogP contribution in [0.2, 0.25) is 0 Å². The summed E-state index contributed by atoms with van der Waals surface area (Å²) in [6.07, 6.45) is 1.86. The normalized spacial score (nSPS) is 14.5. The summed E-state index contributed by atoms with van der Waals surface area (Å²) in [6.45, 7) is 8.38. The number of pyridine rings is 2. The summed E-state index contributed by atoms with van der Waals surface area (Å²) in [6, 6.07) is 13.8. The van der Waals surface area contributed by atoms with E-state index < -0.39 is 43.8 Å². The van der Waals surface area contributed by atoms with Gasteiger partial charge in [0.05, 0.1) is 10.6 Å². The molecule has 3 aromatic rings. The topological polar surface area (TPSA) is 162 Å². The van der Waals surface area contributed by atoms with Gasteiger partial charge in [-0.25, -0.2) is 18.0 Å².